The molecule has 1 heterocycles. The van der Waals surface area contributed by atoms with Crippen molar-refractivity contribution in [2.24, 2.45) is 0 Å². The molecule has 0 aliphatic rings. The van der Waals surface area contributed by atoms with Crippen LogP contribution in [0.3, 0.4) is 0 Å². The molecule has 5 heteroatoms. The summed E-state index contributed by atoms with van der Waals surface area (Å²) in [5, 5.41) is 4.13. The van der Waals surface area contributed by atoms with Gasteiger partial charge >= 0.3 is 0 Å². The summed E-state index contributed by atoms with van der Waals surface area (Å²) in [7, 11) is 1.98. The van der Waals surface area contributed by atoms with Crippen molar-refractivity contribution in [1.82, 2.24) is 14.9 Å². The molecule has 0 radical (unpaired) electrons. The Labute approximate surface area is 129 Å². The first-order valence-electron chi connectivity index (χ1n) is 6.81. The van der Waals surface area contributed by atoms with Crippen molar-refractivity contribution >= 4 is 23.4 Å². The van der Waals surface area contributed by atoms with Crippen LogP contribution in [0, 0.1) is 0 Å². The van der Waals surface area contributed by atoms with Crippen LogP contribution in [0.15, 0.2) is 41.6 Å². The first-order chi connectivity index (χ1) is 9.74. The number of aromatic nitrogens is 2. The van der Waals surface area contributed by atoms with Crippen LogP contribution < -0.4 is 5.32 Å². The molecule has 0 aliphatic carbocycles. The Hall–Kier alpha value is -0.970. The molecule has 3 nitrogen and oxygen atoms in total. The molecule has 1 atom stereocenters. The summed E-state index contributed by atoms with van der Waals surface area (Å²) in [5.41, 5.74) is 0. The lowest BCUT2D eigenvalue weighted by Crippen LogP contribution is -2.23. The largest absolute Gasteiger partial charge is 0.334 e. The van der Waals surface area contributed by atoms with E-state index in [2.05, 4.69) is 40.1 Å². The first-order valence-corrected chi connectivity index (χ1v) is 8.17. The highest BCUT2D eigenvalue weighted by Gasteiger charge is 2.15. The zero-order valence-electron chi connectivity index (χ0n) is 11.8. The second-order valence-corrected chi connectivity index (χ2v) is 6.11. The maximum absolute atomic E-state index is 5.90. The lowest BCUT2D eigenvalue weighted by molar-refractivity contribution is 0.552. The Morgan fingerprint density at radius 2 is 2.10 bits per heavy atom. The molecule has 0 fully saturated rings. The molecule has 2 aromatic rings. The van der Waals surface area contributed by atoms with Crippen LogP contribution in [0.1, 0.15) is 25.2 Å². The normalized spacial score (nSPS) is 12.6. The molecule has 0 amide bonds. The fraction of sp³-hybridized carbons (Fsp3) is 0.400. The van der Waals surface area contributed by atoms with Crippen molar-refractivity contribution in [3.05, 3.63) is 47.5 Å². The number of benzene rings is 1. The Morgan fingerprint density at radius 1 is 1.35 bits per heavy atom. The van der Waals surface area contributed by atoms with E-state index in [0.717, 1.165) is 29.6 Å². The highest BCUT2D eigenvalue weighted by Crippen LogP contribution is 2.25. The summed E-state index contributed by atoms with van der Waals surface area (Å²) in [6, 6.07) is 8.21. The van der Waals surface area contributed by atoms with E-state index in [4.69, 9.17) is 11.6 Å². The summed E-state index contributed by atoms with van der Waals surface area (Å²) in [6.45, 7) is 3.19. The Bertz CT molecular complexity index is 524. The van der Waals surface area contributed by atoms with Gasteiger partial charge in [-0.1, -0.05) is 18.5 Å². The van der Waals surface area contributed by atoms with Crippen LogP contribution in [-0.2, 0) is 6.54 Å². The van der Waals surface area contributed by atoms with Crippen molar-refractivity contribution in [3.63, 3.8) is 0 Å². The number of imidazole rings is 1. The van der Waals surface area contributed by atoms with E-state index in [1.807, 2.05) is 37.1 Å². The summed E-state index contributed by atoms with van der Waals surface area (Å²) >= 11 is 7.72. The van der Waals surface area contributed by atoms with Gasteiger partial charge in [0.15, 0.2) is 0 Å². The maximum Gasteiger partial charge on any atom is 0.126 e. The van der Waals surface area contributed by atoms with E-state index < -0.39 is 0 Å². The van der Waals surface area contributed by atoms with Crippen molar-refractivity contribution < 1.29 is 0 Å². The second-order valence-electron chi connectivity index (χ2n) is 4.59. The van der Waals surface area contributed by atoms with Gasteiger partial charge < -0.3 is 9.88 Å². The van der Waals surface area contributed by atoms with Gasteiger partial charge in [-0.25, -0.2) is 4.98 Å². The number of nitrogens with one attached hydrogen (secondary N) is 1. The fourth-order valence-electron chi connectivity index (χ4n) is 2.06. The van der Waals surface area contributed by atoms with Gasteiger partial charge in [-0.15, -0.1) is 11.8 Å². The molecule has 0 spiro atoms. The van der Waals surface area contributed by atoms with E-state index in [0.29, 0.717) is 0 Å². The molecule has 0 aliphatic heterocycles. The molecule has 1 aromatic heterocycles. The summed E-state index contributed by atoms with van der Waals surface area (Å²) in [6.07, 6.45) is 5.04. The van der Waals surface area contributed by atoms with Gasteiger partial charge in [-0.3, -0.25) is 0 Å². The third-order valence-electron chi connectivity index (χ3n) is 3.10. The minimum Gasteiger partial charge on any atom is -0.334 e. The molecule has 2 rings (SSSR count). The summed E-state index contributed by atoms with van der Waals surface area (Å²) in [5.74, 6) is 2.05. The minimum atomic E-state index is 0.247. The van der Waals surface area contributed by atoms with Crippen LogP contribution in [0.5, 0.6) is 0 Å². The molecule has 0 saturated heterocycles. The number of nitrogens with zero attached hydrogens (tertiary/aromatic N) is 2. The van der Waals surface area contributed by atoms with Crippen LogP contribution in [0.25, 0.3) is 0 Å². The van der Waals surface area contributed by atoms with E-state index in [1.165, 1.54) is 4.90 Å². The molecule has 0 bridgehead atoms. The van der Waals surface area contributed by atoms with Gasteiger partial charge in [-0.05, 0) is 37.7 Å². The number of rotatable bonds is 7. The van der Waals surface area contributed by atoms with E-state index in [1.54, 1.807) is 0 Å². The Balaban J connectivity index is 2.01. The Kier molecular flexibility index (Phi) is 5.95. The molecule has 1 aromatic carbocycles. The number of hydrogen-bond donors (Lipinski definition) is 1. The predicted molar refractivity (Wildman–Crippen MR) is 86.5 cm³/mol. The fourth-order valence-corrected chi connectivity index (χ4v) is 3.19. The smallest absolute Gasteiger partial charge is 0.126 e. The van der Waals surface area contributed by atoms with Crippen molar-refractivity contribution in [2.45, 2.75) is 30.8 Å². The first kappa shape index (κ1) is 15.4. The number of hydrogen-bond acceptors (Lipinski definition) is 3. The van der Waals surface area contributed by atoms with Gasteiger partial charge in [0.25, 0.3) is 0 Å². The van der Waals surface area contributed by atoms with Gasteiger partial charge in [0, 0.05) is 34.6 Å². The molecule has 108 valence electrons. The van der Waals surface area contributed by atoms with Gasteiger partial charge in [-0.2, -0.15) is 0 Å². The summed E-state index contributed by atoms with van der Waals surface area (Å²) < 4.78 is 2.23. The lowest BCUT2D eigenvalue weighted by atomic mass is 10.3. The second kappa shape index (κ2) is 7.72. The average molecular weight is 310 g/mol. The van der Waals surface area contributed by atoms with E-state index >= 15 is 0 Å². The van der Waals surface area contributed by atoms with Crippen LogP contribution in [0.4, 0.5) is 0 Å². The quantitative estimate of drug-likeness (QED) is 0.784. The van der Waals surface area contributed by atoms with Crippen LogP contribution >= 0.6 is 23.4 Å². The third-order valence-corrected chi connectivity index (χ3v) is 4.46. The standard InChI is InChI=1S/C15H20ClN3S/c1-3-9-19-10-8-18-15(19)14(17-2)11-20-13-6-4-12(16)5-7-13/h4-8,10,14,17H,3,9,11H2,1-2H3. The molecular formula is C15H20ClN3S. The topological polar surface area (TPSA) is 29.9 Å². The van der Waals surface area contributed by atoms with E-state index in [9.17, 15) is 0 Å². The van der Waals surface area contributed by atoms with Crippen LogP contribution in [-0.4, -0.2) is 22.4 Å². The highest BCUT2D eigenvalue weighted by molar-refractivity contribution is 7.99. The van der Waals surface area contributed by atoms with Crippen LogP contribution in [0.2, 0.25) is 5.02 Å². The monoisotopic (exact) mass is 309 g/mol. The number of thioether (sulfide) groups is 1. The average Bonchev–Trinajstić information content (AvgIpc) is 2.90. The third kappa shape index (κ3) is 4.01. The molecular weight excluding hydrogens is 290 g/mol. The molecule has 1 unspecified atom stereocenters. The minimum absolute atomic E-state index is 0.247. The van der Waals surface area contributed by atoms with Crippen molar-refractivity contribution in [2.75, 3.05) is 12.8 Å². The zero-order valence-corrected chi connectivity index (χ0v) is 13.4. The molecule has 0 saturated carbocycles. The van der Waals surface area contributed by atoms with Gasteiger partial charge in [0.05, 0.1) is 6.04 Å². The van der Waals surface area contributed by atoms with Crippen molar-refractivity contribution in [1.29, 1.82) is 0 Å². The number of halogens is 1. The predicted octanol–water partition coefficient (Wildman–Crippen LogP) is 4.00. The maximum atomic E-state index is 5.90. The van der Waals surface area contributed by atoms with E-state index in [-0.39, 0.29) is 6.04 Å². The SMILES string of the molecule is CCCn1ccnc1C(CSc1ccc(Cl)cc1)NC. The summed E-state index contributed by atoms with van der Waals surface area (Å²) in [4.78, 5) is 5.72. The highest BCUT2D eigenvalue weighted by atomic mass is 35.5. The lowest BCUT2D eigenvalue weighted by Gasteiger charge is -2.17. The van der Waals surface area contributed by atoms with Crippen molar-refractivity contribution in [3.8, 4) is 0 Å². The Morgan fingerprint density at radius 3 is 2.75 bits per heavy atom. The molecule has 1 N–H and O–H groups in total. The number of aryl methyl sites for hydroxylation is 1. The molecule has 20 heavy (non-hydrogen) atoms. The van der Waals surface area contributed by atoms with Gasteiger partial charge in [0.2, 0.25) is 0 Å². The zero-order chi connectivity index (χ0) is 14.4. The van der Waals surface area contributed by atoms with Gasteiger partial charge in [0.1, 0.15) is 5.82 Å².